The lowest BCUT2D eigenvalue weighted by molar-refractivity contribution is -0.274. The molecule has 0 radical (unpaired) electrons. The van der Waals surface area contributed by atoms with Crippen LogP contribution in [0.3, 0.4) is 0 Å². The average Bonchev–Trinajstić information content (AvgIpc) is 2.62. The fourth-order valence-electron chi connectivity index (χ4n) is 2.69. The van der Waals surface area contributed by atoms with Gasteiger partial charge in [-0.2, -0.15) is 4.98 Å². The normalized spacial score (nSPS) is 11.5. The Balaban J connectivity index is 2.00. The summed E-state index contributed by atoms with van der Waals surface area (Å²) in [6.45, 7) is 5.87. The lowest BCUT2D eigenvalue weighted by Gasteiger charge is -2.15. The first-order chi connectivity index (χ1) is 14.1. The van der Waals surface area contributed by atoms with Crippen molar-refractivity contribution in [3.05, 3.63) is 58.6 Å². The molecule has 0 amide bonds. The number of ether oxygens (including phenoxy) is 1. The second kappa shape index (κ2) is 8.91. The van der Waals surface area contributed by atoms with Crippen LogP contribution in [0.5, 0.6) is 5.75 Å². The molecule has 2 N–H and O–H groups in total. The number of hydrogen-bond acceptors (Lipinski definition) is 5. The van der Waals surface area contributed by atoms with Crippen molar-refractivity contribution in [2.75, 3.05) is 10.6 Å². The van der Waals surface area contributed by atoms with Crippen molar-refractivity contribution in [1.29, 1.82) is 0 Å². The van der Waals surface area contributed by atoms with Crippen molar-refractivity contribution in [2.24, 2.45) is 0 Å². The fourth-order valence-corrected chi connectivity index (χ4v) is 3.29. The van der Waals surface area contributed by atoms with Crippen molar-refractivity contribution in [3.8, 4) is 17.0 Å². The predicted molar refractivity (Wildman–Crippen MR) is 115 cm³/mol. The highest BCUT2D eigenvalue weighted by Crippen LogP contribution is 2.31. The van der Waals surface area contributed by atoms with E-state index in [1.165, 1.54) is 18.2 Å². The number of nitrogens with one attached hydrogen (secondary N) is 2. The number of aromatic nitrogens is 2. The monoisotopic (exact) mass is 480 g/mol. The molecule has 9 heteroatoms. The summed E-state index contributed by atoms with van der Waals surface area (Å²) in [6.07, 6.45) is -4.76. The van der Waals surface area contributed by atoms with E-state index in [-0.39, 0.29) is 11.8 Å². The number of anilines is 3. The van der Waals surface area contributed by atoms with Crippen LogP contribution in [-0.4, -0.2) is 22.4 Å². The Hall–Kier alpha value is -2.81. The molecule has 5 nitrogen and oxygen atoms in total. The minimum absolute atomic E-state index is 0.0686. The first kappa shape index (κ1) is 21.9. The molecule has 30 heavy (non-hydrogen) atoms. The second-order valence-electron chi connectivity index (χ2n) is 6.95. The average molecular weight is 481 g/mol. The Morgan fingerprint density at radius 1 is 1.03 bits per heavy atom. The SMILES string of the molecule is Cc1ccc(Nc2cc(-c3cccc(OC(F)(F)F)c3)nc(NC(C)C)n2)c(Br)c1. The van der Waals surface area contributed by atoms with E-state index >= 15 is 0 Å². The summed E-state index contributed by atoms with van der Waals surface area (Å²) in [5.74, 6) is 0.540. The van der Waals surface area contributed by atoms with E-state index in [4.69, 9.17) is 0 Å². The highest BCUT2D eigenvalue weighted by atomic mass is 79.9. The molecule has 0 unspecified atom stereocenters. The van der Waals surface area contributed by atoms with Crippen LogP contribution < -0.4 is 15.4 Å². The number of nitrogens with zero attached hydrogens (tertiary/aromatic N) is 2. The van der Waals surface area contributed by atoms with Gasteiger partial charge in [0, 0.05) is 22.1 Å². The van der Waals surface area contributed by atoms with Crippen LogP contribution >= 0.6 is 15.9 Å². The Morgan fingerprint density at radius 3 is 2.47 bits per heavy atom. The molecule has 0 aliphatic rings. The first-order valence-electron chi connectivity index (χ1n) is 9.14. The summed E-state index contributed by atoms with van der Waals surface area (Å²) in [5, 5.41) is 6.36. The van der Waals surface area contributed by atoms with Gasteiger partial charge in [-0.3, -0.25) is 0 Å². The van der Waals surface area contributed by atoms with Gasteiger partial charge < -0.3 is 15.4 Å². The number of alkyl halides is 3. The van der Waals surface area contributed by atoms with Gasteiger partial charge in [0.2, 0.25) is 5.95 Å². The maximum Gasteiger partial charge on any atom is 0.573 e. The molecular formula is C21H20BrF3N4O. The molecule has 1 heterocycles. The molecule has 0 atom stereocenters. The van der Waals surface area contributed by atoms with E-state index < -0.39 is 6.36 Å². The number of rotatable bonds is 6. The molecule has 0 fully saturated rings. The Kier molecular flexibility index (Phi) is 6.50. The van der Waals surface area contributed by atoms with Crippen molar-refractivity contribution in [2.45, 2.75) is 33.2 Å². The molecule has 3 rings (SSSR count). The maximum absolute atomic E-state index is 12.6. The molecule has 0 saturated heterocycles. The molecule has 2 aromatic carbocycles. The topological polar surface area (TPSA) is 59.1 Å². The quantitative estimate of drug-likeness (QED) is 0.412. The summed E-state index contributed by atoms with van der Waals surface area (Å²) in [7, 11) is 0. The molecule has 0 bridgehead atoms. The highest BCUT2D eigenvalue weighted by Gasteiger charge is 2.31. The molecule has 0 aliphatic carbocycles. The van der Waals surface area contributed by atoms with Gasteiger partial charge in [-0.15, -0.1) is 13.2 Å². The van der Waals surface area contributed by atoms with Gasteiger partial charge in [-0.05, 0) is 66.5 Å². The van der Waals surface area contributed by atoms with Crippen LogP contribution in [0.15, 0.2) is 53.0 Å². The van der Waals surface area contributed by atoms with Crippen molar-refractivity contribution >= 4 is 33.4 Å². The van der Waals surface area contributed by atoms with Crippen LogP contribution in [0.4, 0.5) is 30.6 Å². The number of benzene rings is 2. The Bertz CT molecular complexity index is 1040. The standard InChI is InChI=1S/C21H20BrF3N4O/c1-12(2)26-20-28-18(14-5-4-6-15(10-14)30-21(23,24)25)11-19(29-20)27-17-8-7-13(3)9-16(17)22/h4-12H,1-3H3,(H2,26,27,28,29). The predicted octanol–water partition coefficient (Wildman–Crippen LogP) is 6.68. The van der Waals surface area contributed by atoms with Crippen molar-refractivity contribution < 1.29 is 17.9 Å². The number of halogens is 4. The van der Waals surface area contributed by atoms with Gasteiger partial charge in [-0.1, -0.05) is 18.2 Å². The third-order valence-electron chi connectivity index (χ3n) is 3.89. The molecule has 0 spiro atoms. The molecule has 3 aromatic rings. The van der Waals surface area contributed by atoms with Crippen LogP contribution in [0.25, 0.3) is 11.3 Å². The summed E-state index contributed by atoms with van der Waals surface area (Å²) in [5.41, 5.74) is 2.82. The van der Waals surface area contributed by atoms with Crippen LogP contribution in [0.1, 0.15) is 19.4 Å². The Morgan fingerprint density at radius 2 is 1.80 bits per heavy atom. The summed E-state index contributed by atoms with van der Waals surface area (Å²) in [4.78, 5) is 8.92. The van der Waals surface area contributed by atoms with E-state index in [0.717, 1.165) is 15.7 Å². The minimum Gasteiger partial charge on any atom is -0.406 e. The lowest BCUT2D eigenvalue weighted by Crippen LogP contribution is -2.17. The number of hydrogen-bond donors (Lipinski definition) is 2. The zero-order chi connectivity index (χ0) is 21.9. The van der Waals surface area contributed by atoms with Gasteiger partial charge in [0.25, 0.3) is 0 Å². The highest BCUT2D eigenvalue weighted by molar-refractivity contribution is 9.10. The van der Waals surface area contributed by atoms with Gasteiger partial charge in [0.1, 0.15) is 11.6 Å². The molecule has 0 aliphatic heterocycles. The van der Waals surface area contributed by atoms with Crippen LogP contribution in [0, 0.1) is 6.92 Å². The maximum atomic E-state index is 12.6. The number of aryl methyl sites for hydroxylation is 1. The van der Waals surface area contributed by atoms with Gasteiger partial charge in [0.15, 0.2) is 0 Å². The first-order valence-corrected chi connectivity index (χ1v) is 9.93. The van der Waals surface area contributed by atoms with Gasteiger partial charge >= 0.3 is 6.36 Å². The van der Waals surface area contributed by atoms with E-state index in [1.54, 1.807) is 12.1 Å². The fraction of sp³-hybridized carbons (Fsp3) is 0.238. The molecule has 0 saturated carbocycles. The van der Waals surface area contributed by atoms with Crippen LogP contribution in [0.2, 0.25) is 0 Å². The second-order valence-corrected chi connectivity index (χ2v) is 7.80. The van der Waals surface area contributed by atoms with E-state index in [2.05, 4.69) is 41.3 Å². The Labute approximate surface area is 180 Å². The zero-order valence-corrected chi connectivity index (χ0v) is 18.1. The van der Waals surface area contributed by atoms with Crippen molar-refractivity contribution in [3.63, 3.8) is 0 Å². The largest absolute Gasteiger partial charge is 0.573 e. The lowest BCUT2D eigenvalue weighted by atomic mass is 10.1. The summed E-state index contributed by atoms with van der Waals surface area (Å²) in [6, 6.07) is 13.3. The zero-order valence-electron chi connectivity index (χ0n) is 16.5. The third-order valence-corrected chi connectivity index (χ3v) is 4.55. The van der Waals surface area contributed by atoms with E-state index in [1.807, 2.05) is 39.0 Å². The summed E-state index contributed by atoms with van der Waals surface area (Å²) >= 11 is 3.52. The van der Waals surface area contributed by atoms with Crippen molar-refractivity contribution in [1.82, 2.24) is 9.97 Å². The molecule has 1 aromatic heterocycles. The van der Waals surface area contributed by atoms with Gasteiger partial charge in [0.05, 0.1) is 11.4 Å². The third kappa shape index (κ3) is 6.09. The van der Waals surface area contributed by atoms with Gasteiger partial charge in [-0.25, -0.2) is 4.98 Å². The summed E-state index contributed by atoms with van der Waals surface area (Å²) < 4.78 is 42.6. The smallest absolute Gasteiger partial charge is 0.406 e. The van der Waals surface area contributed by atoms with E-state index in [0.29, 0.717) is 23.0 Å². The molecular weight excluding hydrogens is 461 g/mol. The minimum atomic E-state index is -4.76. The van der Waals surface area contributed by atoms with Crippen LogP contribution in [-0.2, 0) is 0 Å². The van der Waals surface area contributed by atoms with E-state index in [9.17, 15) is 13.2 Å². The molecule has 158 valence electrons.